The van der Waals surface area contributed by atoms with Gasteiger partial charge in [-0.15, -0.1) is 0 Å². The number of thioether (sulfide) groups is 1. The SMILES string of the molecule is COc1ccc(/C=C2\N=C(SCc3ccccc3)NC2=O)cc1. The molecule has 0 saturated carbocycles. The van der Waals surface area contributed by atoms with Gasteiger partial charge in [-0.1, -0.05) is 54.2 Å². The number of methoxy groups -OCH3 is 1. The highest BCUT2D eigenvalue weighted by atomic mass is 32.2. The van der Waals surface area contributed by atoms with Gasteiger partial charge in [0.15, 0.2) is 5.17 Å². The average molecular weight is 324 g/mol. The molecule has 0 aromatic heterocycles. The van der Waals surface area contributed by atoms with Crippen molar-refractivity contribution in [1.29, 1.82) is 0 Å². The molecule has 1 aliphatic rings. The van der Waals surface area contributed by atoms with Crippen LogP contribution in [0.2, 0.25) is 0 Å². The average Bonchev–Trinajstić information content (AvgIpc) is 2.94. The van der Waals surface area contributed by atoms with E-state index in [1.807, 2.05) is 42.5 Å². The minimum absolute atomic E-state index is 0.170. The van der Waals surface area contributed by atoms with Gasteiger partial charge < -0.3 is 4.74 Å². The van der Waals surface area contributed by atoms with Crippen LogP contribution in [0.15, 0.2) is 65.3 Å². The molecule has 0 aliphatic carbocycles. The maximum absolute atomic E-state index is 12.0. The number of benzene rings is 2. The summed E-state index contributed by atoms with van der Waals surface area (Å²) in [6, 6.07) is 17.6. The Morgan fingerprint density at radius 2 is 1.87 bits per heavy atom. The molecule has 2 aromatic rings. The molecule has 3 rings (SSSR count). The standard InChI is InChI=1S/C18H16N2O2S/c1-22-15-9-7-13(8-10-15)11-16-17(21)20-18(19-16)23-12-14-5-3-2-4-6-14/h2-11H,12H2,1H3,(H,19,20,21)/b16-11-. The summed E-state index contributed by atoms with van der Waals surface area (Å²) in [7, 11) is 1.62. The van der Waals surface area contributed by atoms with E-state index < -0.39 is 0 Å². The summed E-state index contributed by atoms with van der Waals surface area (Å²) in [5.41, 5.74) is 2.53. The highest BCUT2D eigenvalue weighted by Crippen LogP contribution is 2.20. The van der Waals surface area contributed by atoms with Crippen molar-refractivity contribution in [1.82, 2.24) is 5.32 Å². The number of amidine groups is 1. The Labute approximate surface area is 139 Å². The number of ether oxygens (including phenoxy) is 1. The smallest absolute Gasteiger partial charge is 0.275 e. The molecule has 0 radical (unpaired) electrons. The molecule has 4 nitrogen and oxygen atoms in total. The van der Waals surface area contributed by atoms with Crippen LogP contribution in [0.1, 0.15) is 11.1 Å². The number of hydrogen-bond donors (Lipinski definition) is 1. The molecule has 116 valence electrons. The first-order valence-corrected chi connectivity index (χ1v) is 8.16. The summed E-state index contributed by atoms with van der Waals surface area (Å²) in [6.07, 6.45) is 1.77. The van der Waals surface area contributed by atoms with E-state index in [9.17, 15) is 4.79 Å². The van der Waals surface area contributed by atoms with E-state index in [-0.39, 0.29) is 5.91 Å². The number of amides is 1. The molecule has 1 aliphatic heterocycles. The Morgan fingerprint density at radius 1 is 1.13 bits per heavy atom. The molecule has 0 bridgehead atoms. The lowest BCUT2D eigenvalue weighted by Crippen LogP contribution is -2.21. The molecule has 0 spiro atoms. The second-order valence-electron chi connectivity index (χ2n) is 4.95. The summed E-state index contributed by atoms with van der Waals surface area (Å²) in [4.78, 5) is 16.4. The first kappa shape index (κ1) is 15.4. The number of nitrogens with zero attached hydrogens (tertiary/aromatic N) is 1. The third-order valence-electron chi connectivity index (χ3n) is 3.31. The van der Waals surface area contributed by atoms with E-state index in [4.69, 9.17) is 4.74 Å². The van der Waals surface area contributed by atoms with Gasteiger partial charge in [0, 0.05) is 5.75 Å². The first-order valence-electron chi connectivity index (χ1n) is 7.17. The molecular weight excluding hydrogens is 308 g/mol. The van der Waals surface area contributed by atoms with E-state index in [1.54, 1.807) is 13.2 Å². The highest BCUT2D eigenvalue weighted by molar-refractivity contribution is 8.13. The van der Waals surface area contributed by atoms with E-state index in [2.05, 4.69) is 22.4 Å². The molecule has 0 saturated heterocycles. The first-order chi connectivity index (χ1) is 11.2. The van der Waals surface area contributed by atoms with Crippen LogP contribution in [-0.2, 0) is 10.5 Å². The lowest BCUT2D eigenvalue weighted by Gasteiger charge is -2.00. The Bertz CT molecular complexity index is 752. The number of nitrogens with one attached hydrogen (secondary N) is 1. The topological polar surface area (TPSA) is 50.7 Å². The van der Waals surface area contributed by atoms with Crippen LogP contribution in [0.3, 0.4) is 0 Å². The lowest BCUT2D eigenvalue weighted by molar-refractivity contribution is -0.115. The quantitative estimate of drug-likeness (QED) is 0.876. The van der Waals surface area contributed by atoms with Crippen molar-refractivity contribution in [3.63, 3.8) is 0 Å². The van der Waals surface area contributed by atoms with Gasteiger partial charge in [-0.25, -0.2) is 4.99 Å². The van der Waals surface area contributed by atoms with Crippen LogP contribution in [0.25, 0.3) is 6.08 Å². The monoisotopic (exact) mass is 324 g/mol. The minimum Gasteiger partial charge on any atom is -0.497 e. The zero-order valence-corrected chi connectivity index (χ0v) is 13.5. The van der Waals surface area contributed by atoms with E-state index in [0.717, 1.165) is 17.1 Å². The highest BCUT2D eigenvalue weighted by Gasteiger charge is 2.20. The number of rotatable bonds is 4. The summed E-state index contributed by atoms with van der Waals surface area (Å²) < 4.78 is 5.12. The van der Waals surface area contributed by atoms with Gasteiger partial charge in [0.05, 0.1) is 7.11 Å². The van der Waals surface area contributed by atoms with Crippen molar-refractivity contribution in [2.45, 2.75) is 5.75 Å². The summed E-state index contributed by atoms with van der Waals surface area (Å²) in [5, 5.41) is 3.44. The Hall–Kier alpha value is -2.53. The summed E-state index contributed by atoms with van der Waals surface area (Å²) in [5.74, 6) is 1.39. The fraction of sp³-hybridized carbons (Fsp3) is 0.111. The zero-order chi connectivity index (χ0) is 16.1. The maximum atomic E-state index is 12.0. The normalized spacial score (nSPS) is 15.4. The Kier molecular flexibility index (Phi) is 4.78. The summed E-state index contributed by atoms with van der Waals surface area (Å²) >= 11 is 1.52. The Balaban J connectivity index is 1.69. The largest absolute Gasteiger partial charge is 0.497 e. The lowest BCUT2D eigenvalue weighted by atomic mass is 10.2. The van der Waals surface area contributed by atoms with Crippen LogP contribution in [0.4, 0.5) is 0 Å². The number of carbonyl (C=O) groups is 1. The van der Waals surface area contributed by atoms with Crippen LogP contribution in [0, 0.1) is 0 Å². The van der Waals surface area contributed by atoms with Crippen LogP contribution < -0.4 is 10.1 Å². The molecule has 1 N–H and O–H groups in total. The van der Waals surface area contributed by atoms with E-state index in [1.165, 1.54) is 17.3 Å². The maximum Gasteiger partial charge on any atom is 0.275 e. The molecule has 0 unspecified atom stereocenters. The predicted octanol–water partition coefficient (Wildman–Crippen LogP) is 3.46. The molecule has 23 heavy (non-hydrogen) atoms. The summed E-state index contributed by atoms with van der Waals surface area (Å²) in [6.45, 7) is 0. The van der Waals surface area contributed by atoms with Gasteiger partial charge in [-0.2, -0.15) is 0 Å². The van der Waals surface area contributed by atoms with Gasteiger partial charge in [0.2, 0.25) is 0 Å². The van der Waals surface area contributed by atoms with Crippen LogP contribution in [-0.4, -0.2) is 18.2 Å². The molecule has 0 atom stereocenters. The number of aliphatic imine (C=N–C) groups is 1. The minimum atomic E-state index is -0.170. The molecule has 2 aromatic carbocycles. The van der Waals surface area contributed by atoms with Crippen molar-refractivity contribution in [2.75, 3.05) is 7.11 Å². The third-order valence-corrected chi connectivity index (χ3v) is 4.26. The van der Waals surface area contributed by atoms with Crippen LogP contribution in [0.5, 0.6) is 5.75 Å². The van der Waals surface area contributed by atoms with Crippen molar-refractivity contribution in [3.8, 4) is 5.75 Å². The second kappa shape index (κ2) is 7.15. The van der Waals surface area contributed by atoms with Crippen LogP contribution >= 0.6 is 11.8 Å². The fourth-order valence-electron chi connectivity index (χ4n) is 2.10. The molecule has 1 heterocycles. The number of hydrogen-bond acceptors (Lipinski definition) is 4. The van der Waals surface area contributed by atoms with E-state index in [0.29, 0.717) is 10.9 Å². The van der Waals surface area contributed by atoms with Crippen molar-refractivity contribution >= 4 is 28.9 Å². The second-order valence-corrected chi connectivity index (χ2v) is 5.91. The van der Waals surface area contributed by atoms with Crippen molar-refractivity contribution in [2.24, 2.45) is 4.99 Å². The predicted molar refractivity (Wildman–Crippen MR) is 94.3 cm³/mol. The zero-order valence-electron chi connectivity index (χ0n) is 12.7. The molecule has 1 amide bonds. The third kappa shape index (κ3) is 4.02. The van der Waals surface area contributed by atoms with Gasteiger partial charge in [0.25, 0.3) is 5.91 Å². The number of carbonyl (C=O) groups excluding carboxylic acids is 1. The van der Waals surface area contributed by atoms with Gasteiger partial charge in [-0.05, 0) is 29.3 Å². The van der Waals surface area contributed by atoms with Gasteiger partial charge >= 0.3 is 0 Å². The molecule has 5 heteroatoms. The Morgan fingerprint density at radius 3 is 2.57 bits per heavy atom. The fourth-order valence-corrected chi connectivity index (χ4v) is 2.92. The van der Waals surface area contributed by atoms with Gasteiger partial charge in [-0.3, -0.25) is 10.1 Å². The molecule has 0 fully saturated rings. The van der Waals surface area contributed by atoms with Crippen molar-refractivity contribution < 1.29 is 9.53 Å². The van der Waals surface area contributed by atoms with Crippen molar-refractivity contribution in [3.05, 3.63) is 71.4 Å². The molecular formula is C18H16N2O2S. The van der Waals surface area contributed by atoms with E-state index >= 15 is 0 Å². The van der Waals surface area contributed by atoms with Gasteiger partial charge in [0.1, 0.15) is 11.4 Å².